The van der Waals surface area contributed by atoms with Crippen LogP contribution in [0.15, 0.2) is 23.4 Å². The first-order valence-electron chi connectivity index (χ1n) is 3.56. The van der Waals surface area contributed by atoms with Gasteiger partial charge >= 0.3 is 6.61 Å². The van der Waals surface area contributed by atoms with Crippen LogP contribution in [0.4, 0.5) is 8.78 Å². The first kappa shape index (κ1) is 10.7. The van der Waals surface area contributed by atoms with Gasteiger partial charge in [0.2, 0.25) is 0 Å². The Bertz CT molecular complexity index is 344. The summed E-state index contributed by atoms with van der Waals surface area (Å²) in [6.45, 7) is -2.95. The number of alkyl halides is 2. The van der Waals surface area contributed by atoms with Gasteiger partial charge in [-0.25, -0.2) is 0 Å². The molecule has 0 aliphatic rings. The molecule has 1 rings (SSSR count). The molecular weight excluding hydrogens is 216 g/mol. The van der Waals surface area contributed by atoms with Crippen LogP contribution in [0.3, 0.4) is 0 Å². The van der Waals surface area contributed by atoms with Crippen molar-refractivity contribution >= 4 is 17.8 Å². The van der Waals surface area contributed by atoms with Gasteiger partial charge in [0, 0.05) is 0 Å². The van der Waals surface area contributed by atoms with Crippen LogP contribution < -0.4 is 4.74 Å². The molecule has 0 radical (unpaired) electrons. The number of halogens is 3. The molecule has 1 aromatic carbocycles. The van der Waals surface area contributed by atoms with Crippen molar-refractivity contribution in [1.82, 2.24) is 0 Å². The van der Waals surface area contributed by atoms with Crippen molar-refractivity contribution in [2.24, 2.45) is 5.16 Å². The first-order valence-corrected chi connectivity index (χ1v) is 3.93. The zero-order valence-electron chi connectivity index (χ0n) is 6.82. The summed E-state index contributed by atoms with van der Waals surface area (Å²) < 4.78 is 28.0. The Morgan fingerprint density at radius 1 is 1.50 bits per heavy atom. The minimum absolute atomic E-state index is 0.108. The average Bonchev–Trinajstić information content (AvgIpc) is 2.10. The van der Waals surface area contributed by atoms with Gasteiger partial charge in [-0.15, -0.1) is 0 Å². The molecule has 0 spiro atoms. The van der Waals surface area contributed by atoms with Crippen molar-refractivity contribution in [1.29, 1.82) is 0 Å². The molecule has 1 N–H and O–H groups in total. The Hall–Kier alpha value is -1.36. The van der Waals surface area contributed by atoms with Crippen molar-refractivity contribution in [2.75, 3.05) is 0 Å². The van der Waals surface area contributed by atoms with E-state index >= 15 is 0 Å². The fourth-order valence-corrected chi connectivity index (χ4v) is 1.11. The minimum atomic E-state index is -2.95. The molecule has 0 aliphatic carbocycles. The highest BCUT2D eigenvalue weighted by Gasteiger charge is 2.10. The number of hydrogen-bond acceptors (Lipinski definition) is 3. The second-order valence-electron chi connectivity index (χ2n) is 2.27. The number of benzene rings is 1. The van der Waals surface area contributed by atoms with E-state index in [2.05, 4.69) is 9.89 Å². The predicted molar refractivity (Wildman–Crippen MR) is 47.5 cm³/mol. The maximum absolute atomic E-state index is 11.9. The Morgan fingerprint density at radius 2 is 2.21 bits per heavy atom. The smallest absolute Gasteiger partial charge is 0.387 e. The van der Waals surface area contributed by atoms with Crippen LogP contribution in [0.5, 0.6) is 5.75 Å². The molecule has 0 unspecified atom stereocenters. The highest BCUT2D eigenvalue weighted by Crippen LogP contribution is 2.25. The summed E-state index contributed by atoms with van der Waals surface area (Å²) in [5.41, 5.74) is 0.108. The van der Waals surface area contributed by atoms with Gasteiger partial charge in [-0.1, -0.05) is 22.8 Å². The van der Waals surface area contributed by atoms with Gasteiger partial charge in [-0.2, -0.15) is 8.78 Å². The van der Waals surface area contributed by atoms with Crippen molar-refractivity contribution in [3.05, 3.63) is 28.8 Å². The summed E-state index contributed by atoms with van der Waals surface area (Å²) in [5, 5.41) is 11.1. The third-order valence-corrected chi connectivity index (χ3v) is 1.75. The van der Waals surface area contributed by atoms with Crippen LogP contribution >= 0.6 is 11.6 Å². The molecule has 0 fully saturated rings. The summed E-state index contributed by atoms with van der Waals surface area (Å²) in [5.74, 6) is -0.134. The highest BCUT2D eigenvalue weighted by molar-refractivity contribution is 6.33. The Labute approximate surface area is 83.6 Å². The van der Waals surface area contributed by atoms with Crippen molar-refractivity contribution in [2.45, 2.75) is 6.61 Å². The molecule has 0 bridgehead atoms. The minimum Gasteiger partial charge on any atom is -0.434 e. The van der Waals surface area contributed by atoms with Crippen LogP contribution in [0, 0.1) is 0 Å². The van der Waals surface area contributed by atoms with Gasteiger partial charge in [0.1, 0.15) is 5.75 Å². The number of rotatable bonds is 3. The molecule has 3 nitrogen and oxygen atoms in total. The second-order valence-corrected chi connectivity index (χ2v) is 2.68. The molecule has 0 aliphatic heterocycles. The first-order chi connectivity index (χ1) is 6.65. The topological polar surface area (TPSA) is 41.8 Å². The van der Waals surface area contributed by atoms with E-state index in [9.17, 15) is 8.78 Å². The molecule has 14 heavy (non-hydrogen) atoms. The summed E-state index contributed by atoms with van der Waals surface area (Å²) >= 11 is 5.66. The average molecular weight is 222 g/mol. The molecular formula is C8H6ClF2NO2. The molecule has 6 heteroatoms. The number of ether oxygens (including phenoxy) is 1. The lowest BCUT2D eigenvalue weighted by Gasteiger charge is -2.07. The predicted octanol–water partition coefficient (Wildman–Crippen LogP) is 2.75. The zero-order chi connectivity index (χ0) is 10.6. The molecule has 0 saturated carbocycles. The van der Waals surface area contributed by atoms with Gasteiger partial charge < -0.3 is 9.94 Å². The fraction of sp³-hybridized carbons (Fsp3) is 0.125. The lowest BCUT2D eigenvalue weighted by atomic mass is 10.2. The van der Waals surface area contributed by atoms with Gasteiger partial charge in [-0.05, 0) is 12.1 Å². The van der Waals surface area contributed by atoms with Crippen molar-refractivity contribution in [3.8, 4) is 5.75 Å². The molecule has 0 saturated heterocycles. The highest BCUT2D eigenvalue weighted by atomic mass is 35.5. The van der Waals surface area contributed by atoms with E-state index in [1.165, 1.54) is 18.2 Å². The Morgan fingerprint density at radius 3 is 2.79 bits per heavy atom. The maximum atomic E-state index is 11.9. The standard InChI is InChI=1S/C8H6ClF2NO2/c9-6-2-1-3-7(14-8(10)11)5(6)4-12-13/h1-4,8,13H/b12-4-. The van der Waals surface area contributed by atoms with Crippen LogP contribution in [0.2, 0.25) is 5.02 Å². The SMILES string of the molecule is O/N=C\c1c(Cl)cccc1OC(F)F. The van der Waals surface area contributed by atoms with E-state index < -0.39 is 6.61 Å². The number of nitrogens with zero attached hydrogens (tertiary/aromatic N) is 1. The van der Waals surface area contributed by atoms with Gasteiger partial charge in [-0.3, -0.25) is 0 Å². The van der Waals surface area contributed by atoms with E-state index in [0.29, 0.717) is 0 Å². The van der Waals surface area contributed by atoms with Crippen molar-refractivity contribution < 1.29 is 18.7 Å². The summed E-state index contributed by atoms with van der Waals surface area (Å²) in [6.07, 6.45) is 0.931. The van der Waals surface area contributed by atoms with Gasteiger partial charge in [0.25, 0.3) is 0 Å². The lowest BCUT2D eigenvalue weighted by Crippen LogP contribution is -2.04. The van der Waals surface area contributed by atoms with Crippen LogP contribution in [0.25, 0.3) is 0 Å². The second kappa shape index (κ2) is 4.76. The van der Waals surface area contributed by atoms with E-state index in [1.807, 2.05) is 0 Å². The molecule has 76 valence electrons. The quantitative estimate of drug-likeness (QED) is 0.484. The Kier molecular flexibility index (Phi) is 3.64. The monoisotopic (exact) mass is 221 g/mol. The summed E-state index contributed by atoms with van der Waals surface area (Å²) in [7, 11) is 0. The molecule has 0 aromatic heterocycles. The largest absolute Gasteiger partial charge is 0.434 e. The maximum Gasteiger partial charge on any atom is 0.387 e. The van der Waals surface area contributed by atoms with E-state index in [0.717, 1.165) is 6.21 Å². The summed E-state index contributed by atoms with van der Waals surface area (Å²) in [4.78, 5) is 0. The van der Waals surface area contributed by atoms with Crippen LogP contribution in [0.1, 0.15) is 5.56 Å². The zero-order valence-corrected chi connectivity index (χ0v) is 7.58. The Balaban J connectivity index is 3.07. The van der Waals surface area contributed by atoms with E-state index in [1.54, 1.807) is 0 Å². The third kappa shape index (κ3) is 2.56. The number of oxime groups is 1. The van der Waals surface area contributed by atoms with Crippen LogP contribution in [-0.4, -0.2) is 18.0 Å². The van der Waals surface area contributed by atoms with E-state index in [-0.39, 0.29) is 16.3 Å². The van der Waals surface area contributed by atoms with Gasteiger partial charge in [0.15, 0.2) is 0 Å². The fourth-order valence-electron chi connectivity index (χ4n) is 0.899. The molecule has 0 atom stereocenters. The van der Waals surface area contributed by atoms with Crippen LogP contribution in [-0.2, 0) is 0 Å². The van der Waals surface area contributed by atoms with E-state index in [4.69, 9.17) is 16.8 Å². The van der Waals surface area contributed by atoms with Crippen molar-refractivity contribution in [3.63, 3.8) is 0 Å². The molecule has 0 amide bonds. The third-order valence-electron chi connectivity index (χ3n) is 1.42. The molecule has 0 heterocycles. The summed E-state index contributed by atoms with van der Waals surface area (Å²) in [6, 6.07) is 4.22. The van der Waals surface area contributed by atoms with Gasteiger partial charge in [0.05, 0.1) is 16.8 Å². The normalized spacial score (nSPS) is 11.1. The number of hydrogen-bond donors (Lipinski definition) is 1. The lowest BCUT2D eigenvalue weighted by molar-refractivity contribution is -0.0499. The molecule has 1 aromatic rings.